The van der Waals surface area contributed by atoms with Gasteiger partial charge in [0, 0.05) is 0 Å². The van der Waals surface area contributed by atoms with Gasteiger partial charge in [-0.3, -0.25) is 0 Å². The number of nitrogens with one attached hydrogen (secondary N) is 1. The van der Waals surface area contributed by atoms with Gasteiger partial charge in [-0.15, -0.1) is 0 Å². The normalized spacial score (nSPS) is 10.8. The Bertz CT molecular complexity index is 722. The summed E-state index contributed by atoms with van der Waals surface area (Å²) < 4.78 is 5.04. The van der Waals surface area contributed by atoms with E-state index < -0.39 is 0 Å². The average Bonchev–Trinajstić information content (AvgIpc) is 2.82. The van der Waals surface area contributed by atoms with Crippen molar-refractivity contribution in [3.05, 3.63) is 41.7 Å². The van der Waals surface area contributed by atoms with E-state index in [4.69, 9.17) is 4.52 Å². The molecule has 1 aromatic carbocycles. The van der Waals surface area contributed by atoms with Gasteiger partial charge in [-0.25, -0.2) is 9.97 Å². The summed E-state index contributed by atoms with van der Waals surface area (Å²) in [6, 6.07) is 7.77. The Labute approximate surface area is 109 Å². The van der Waals surface area contributed by atoms with Gasteiger partial charge in [-0.05, 0) is 26.0 Å². The summed E-state index contributed by atoms with van der Waals surface area (Å²) in [6.45, 7) is 4.14. The SMILES string of the molecule is Cc1noc(CNc2nc3ccccc3nc2C)n1. The molecular weight excluding hydrogens is 242 g/mol. The number of hydrogen-bond acceptors (Lipinski definition) is 6. The third-order valence-corrected chi connectivity index (χ3v) is 2.72. The molecule has 0 saturated heterocycles. The molecule has 0 amide bonds. The molecule has 0 aliphatic carbocycles. The van der Waals surface area contributed by atoms with Crippen LogP contribution in [0.25, 0.3) is 11.0 Å². The summed E-state index contributed by atoms with van der Waals surface area (Å²) in [5.74, 6) is 1.89. The van der Waals surface area contributed by atoms with Crippen molar-refractivity contribution in [1.29, 1.82) is 0 Å². The van der Waals surface area contributed by atoms with E-state index in [0.29, 0.717) is 18.3 Å². The average molecular weight is 255 g/mol. The Hall–Kier alpha value is -2.50. The molecule has 19 heavy (non-hydrogen) atoms. The highest BCUT2D eigenvalue weighted by atomic mass is 16.5. The van der Waals surface area contributed by atoms with Crippen molar-refractivity contribution in [3.8, 4) is 0 Å². The van der Waals surface area contributed by atoms with Gasteiger partial charge in [0.05, 0.1) is 23.3 Å². The van der Waals surface area contributed by atoms with E-state index in [9.17, 15) is 0 Å². The van der Waals surface area contributed by atoms with Crippen molar-refractivity contribution < 1.29 is 4.52 Å². The Kier molecular flexibility index (Phi) is 2.83. The fourth-order valence-electron chi connectivity index (χ4n) is 1.83. The Morgan fingerprint density at radius 2 is 1.79 bits per heavy atom. The van der Waals surface area contributed by atoms with E-state index >= 15 is 0 Å². The lowest BCUT2D eigenvalue weighted by Crippen LogP contribution is -2.05. The summed E-state index contributed by atoms with van der Waals surface area (Å²) in [5.41, 5.74) is 2.59. The third-order valence-electron chi connectivity index (χ3n) is 2.72. The molecule has 0 saturated carbocycles. The fourth-order valence-corrected chi connectivity index (χ4v) is 1.83. The largest absolute Gasteiger partial charge is 0.359 e. The van der Waals surface area contributed by atoms with E-state index in [1.165, 1.54) is 0 Å². The summed E-state index contributed by atoms with van der Waals surface area (Å²) in [7, 11) is 0. The van der Waals surface area contributed by atoms with Gasteiger partial charge in [0.25, 0.3) is 0 Å². The van der Waals surface area contributed by atoms with Crippen LogP contribution in [0, 0.1) is 13.8 Å². The highest BCUT2D eigenvalue weighted by Crippen LogP contribution is 2.16. The first kappa shape index (κ1) is 11.6. The molecule has 3 aromatic rings. The fraction of sp³-hybridized carbons (Fsp3) is 0.231. The molecule has 1 N–H and O–H groups in total. The van der Waals surface area contributed by atoms with Gasteiger partial charge >= 0.3 is 0 Å². The molecule has 0 radical (unpaired) electrons. The van der Waals surface area contributed by atoms with Gasteiger partial charge < -0.3 is 9.84 Å². The van der Waals surface area contributed by atoms with E-state index in [-0.39, 0.29) is 0 Å². The second-order valence-corrected chi connectivity index (χ2v) is 4.24. The molecule has 0 bridgehead atoms. The van der Waals surface area contributed by atoms with Crippen LogP contribution in [0.2, 0.25) is 0 Å². The highest BCUT2D eigenvalue weighted by molar-refractivity contribution is 5.76. The number of aromatic nitrogens is 4. The van der Waals surface area contributed by atoms with Crippen LogP contribution in [0.5, 0.6) is 0 Å². The maximum atomic E-state index is 5.04. The van der Waals surface area contributed by atoms with Gasteiger partial charge in [0.1, 0.15) is 5.82 Å². The molecule has 96 valence electrons. The molecule has 0 aliphatic rings. The van der Waals surface area contributed by atoms with Gasteiger partial charge in [0.15, 0.2) is 5.82 Å². The van der Waals surface area contributed by atoms with Crippen molar-refractivity contribution in [2.24, 2.45) is 0 Å². The first-order valence-electron chi connectivity index (χ1n) is 5.99. The van der Waals surface area contributed by atoms with Crippen molar-refractivity contribution in [2.75, 3.05) is 5.32 Å². The quantitative estimate of drug-likeness (QED) is 0.773. The zero-order valence-corrected chi connectivity index (χ0v) is 10.7. The number of aryl methyl sites for hydroxylation is 2. The van der Waals surface area contributed by atoms with E-state index in [1.54, 1.807) is 6.92 Å². The van der Waals surface area contributed by atoms with Gasteiger partial charge in [-0.1, -0.05) is 17.3 Å². The van der Waals surface area contributed by atoms with Crippen LogP contribution in [0.4, 0.5) is 5.82 Å². The van der Waals surface area contributed by atoms with Gasteiger partial charge in [-0.2, -0.15) is 4.98 Å². The number of rotatable bonds is 3. The smallest absolute Gasteiger partial charge is 0.245 e. The van der Waals surface area contributed by atoms with Crippen molar-refractivity contribution >= 4 is 16.9 Å². The molecule has 6 heteroatoms. The molecule has 6 nitrogen and oxygen atoms in total. The number of benzene rings is 1. The predicted molar refractivity (Wildman–Crippen MR) is 70.6 cm³/mol. The third kappa shape index (κ3) is 2.37. The van der Waals surface area contributed by atoms with Gasteiger partial charge in [0.2, 0.25) is 5.89 Å². The molecule has 2 aromatic heterocycles. The Morgan fingerprint density at radius 3 is 2.47 bits per heavy atom. The van der Waals surface area contributed by atoms with Crippen LogP contribution in [0.15, 0.2) is 28.8 Å². The summed E-state index contributed by atoms with van der Waals surface area (Å²) in [5, 5.41) is 6.90. The molecule has 2 heterocycles. The lowest BCUT2D eigenvalue weighted by atomic mass is 10.3. The van der Waals surface area contributed by atoms with Crippen molar-refractivity contribution in [1.82, 2.24) is 20.1 Å². The number of fused-ring (bicyclic) bond motifs is 1. The van der Waals surface area contributed by atoms with Crippen molar-refractivity contribution in [2.45, 2.75) is 20.4 Å². The predicted octanol–water partition coefficient (Wildman–Crippen LogP) is 2.24. The monoisotopic (exact) mass is 255 g/mol. The number of hydrogen-bond donors (Lipinski definition) is 1. The van der Waals surface area contributed by atoms with Crippen LogP contribution in [-0.4, -0.2) is 20.1 Å². The minimum Gasteiger partial charge on any atom is -0.359 e. The minimum absolute atomic E-state index is 0.439. The first-order valence-corrected chi connectivity index (χ1v) is 5.99. The maximum absolute atomic E-state index is 5.04. The molecule has 0 fully saturated rings. The molecule has 0 aliphatic heterocycles. The minimum atomic E-state index is 0.439. The first-order chi connectivity index (χ1) is 9.22. The second kappa shape index (κ2) is 4.64. The van der Waals surface area contributed by atoms with Crippen LogP contribution < -0.4 is 5.32 Å². The second-order valence-electron chi connectivity index (χ2n) is 4.24. The van der Waals surface area contributed by atoms with Crippen LogP contribution >= 0.6 is 0 Å². The zero-order chi connectivity index (χ0) is 13.2. The van der Waals surface area contributed by atoms with E-state index in [2.05, 4.69) is 25.4 Å². The van der Waals surface area contributed by atoms with E-state index in [1.807, 2.05) is 31.2 Å². The van der Waals surface area contributed by atoms with Crippen molar-refractivity contribution in [3.63, 3.8) is 0 Å². The molecule has 3 rings (SSSR count). The molecule has 0 unspecified atom stereocenters. The molecule has 0 atom stereocenters. The highest BCUT2D eigenvalue weighted by Gasteiger charge is 2.07. The standard InChI is InChI=1S/C13H13N5O/c1-8-13(14-7-12-16-9(2)18-19-12)17-11-6-4-3-5-10(11)15-8/h3-6H,7H2,1-2H3,(H,14,17). The Balaban J connectivity index is 1.86. The summed E-state index contributed by atoms with van der Waals surface area (Å²) in [6.07, 6.45) is 0. The van der Waals surface area contributed by atoms with Crippen LogP contribution in [0.1, 0.15) is 17.4 Å². The lowest BCUT2D eigenvalue weighted by Gasteiger charge is -2.07. The number of nitrogens with zero attached hydrogens (tertiary/aromatic N) is 4. The van der Waals surface area contributed by atoms with Crippen LogP contribution in [0.3, 0.4) is 0 Å². The zero-order valence-electron chi connectivity index (χ0n) is 10.7. The molecular formula is C13H13N5O. The maximum Gasteiger partial charge on any atom is 0.245 e. The summed E-state index contributed by atoms with van der Waals surface area (Å²) >= 11 is 0. The lowest BCUT2D eigenvalue weighted by molar-refractivity contribution is 0.379. The summed E-state index contributed by atoms with van der Waals surface area (Å²) in [4.78, 5) is 13.2. The number of anilines is 1. The molecule has 0 spiro atoms. The van der Waals surface area contributed by atoms with E-state index in [0.717, 1.165) is 22.5 Å². The topological polar surface area (TPSA) is 76.7 Å². The van der Waals surface area contributed by atoms with Crippen LogP contribution in [-0.2, 0) is 6.54 Å². The Morgan fingerprint density at radius 1 is 1.05 bits per heavy atom. The number of para-hydroxylation sites is 2.